The molecular weight excluding hydrogens is 353 g/mol. The van der Waals surface area contributed by atoms with Crippen LogP contribution in [0.5, 0.6) is 0 Å². The summed E-state index contributed by atoms with van der Waals surface area (Å²) >= 11 is 1.38. The quantitative estimate of drug-likeness (QED) is 0.808. The van der Waals surface area contributed by atoms with Gasteiger partial charge in [0.25, 0.3) is 0 Å². The standard InChI is InChI=1S/C10H6IN3O4/c11-18-10(17)7-6(9(15)16)13-8(14-7)5-2-1-3-12-4-5/h1-4H,(H,13,14)(H,15,16). The number of aromatic carboxylic acids is 1. The zero-order valence-electron chi connectivity index (χ0n) is 8.75. The van der Waals surface area contributed by atoms with E-state index in [1.807, 2.05) is 0 Å². The molecule has 2 rings (SSSR count). The van der Waals surface area contributed by atoms with Crippen LogP contribution in [0.15, 0.2) is 24.5 Å². The molecule has 0 radical (unpaired) electrons. The molecular formula is C10H6IN3O4. The largest absolute Gasteiger partial charge is 0.476 e. The van der Waals surface area contributed by atoms with Gasteiger partial charge in [-0.1, -0.05) is 0 Å². The van der Waals surface area contributed by atoms with Gasteiger partial charge in [0, 0.05) is 18.0 Å². The maximum Gasteiger partial charge on any atom is 0.366 e. The SMILES string of the molecule is O=C(O)c1nc(-c2cccnc2)[nH]c1C(=O)OI. The van der Waals surface area contributed by atoms with Crippen molar-refractivity contribution in [3.05, 3.63) is 35.9 Å². The molecule has 0 bridgehead atoms. The highest BCUT2D eigenvalue weighted by Gasteiger charge is 2.23. The number of nitrogens with one attached hydrogen (secondary N) is 1. The van der Waals surface area contributed by atoms with Crippen LogP contribution in [-0.4, -0.2) is 32.0 Å². The summed E-state index contributed by atoms with van der Waals surface area (Å²) in [4.78, 5) is 32.7. The predicted octanol–water partition coefficient (Wildman–Crippen LogP) is 1.68. The lowest BCUT2D eigenvalue weighted by atomic mass is 10.3. The first kappa shape index (κ1) is 12.5. The van der Waals surface area contributed by atoms with Crippen LogP contribution >= 0.6 is 23.0 Å². The van der Waals surface area contributed by atoms with E-state index in [9.17, 15) is 9.59 Å². The van der Waals surface area contributed by atoms with Gasteiger partial charge in [-0.15, -0.1) is 0 Å². The third kappa shape index (κ3) is 2.32. The second-order valence-electron chi connectivity index (χ2n) is 3.22. The van der Waals surface area contributed by atoms with Gasteiger partial charge in [-0.05, 0) is 12.1 Å². The zero-order valence-corrected chi connectivity index (χ0v) is 10.9. The Morgan fingerprint density at radius 3 is 2.78 bits per heavy atom. The van der Waals surface area contributed by atoms with Crippen molar-refractivity contribution in [2.24, 2.45) is 0 Å². The molecule has 92 valence electrons. The first-order valence-electron chi connectivity index (χ1n) is 4.70. The zero-order chi connectivity index (χ0) is 13.1. The highest BCUT2D eigenvalue weighted by atomic mass is 127. The van der Waals surface area contributed by atoms with Crippen LogP contribution in [0.3, 0.4) is 0 Å². The summed E-state index contributed by atoms with van der Waals surface area (Å²) in [7, 11) is 0. The number of H-pyrrole nitrogens is 1. The number of hydrogen-bond donors (Lipinski definition) is 2. The van der Waals surface area contributed by atoms with E-state index in [0.29, 0.717) is 5.56 Å². The van der Waals surface area contributed by atoms with E-state index in [4.69, 9.17) is 5.11 Å². The summed E-state index contributed by atoms with van der Waals surface area (Å²) in [5.41, 5.74) is -0.00113. The fourth-order valence-corrected chi connectivity index (χ4v) is 1.57. The first-order valence-corrected chi connectivity index (χ1v) is 5.58. The molecule has 0 saturated carbocycles. The van der Waals surface area contributed by atoms with E-state index in [2.05, 4.69) is 18.0 Å². The number of rotatable bonds is 3. The number of carbonyl (C=O) groups excluding carboxylic acids is 1. The molecule has 2 aromatic rings. The molecule has 0 saturated heterocycles. The van der Waals surface area contributed by atoms with Gasteiger partial charge in [0.15, 0.2) is 34.4 Å². The molecule has 0 fully saturated rings. The molecule has 0 amide bonds. The van der Waals surface area contributed by atoms with Crippen molar-refractivity contribution >= 4 is 34.9 Å². The Hall–Kier alpha value is -1.97. The minimum Gasteiger partial charge on any atom is -0.476 e. The number of carboxylic acids is 1. The van der Waals surface area contributed by atoms with Gasteiger partial charge in [0.05, 0.1) is 0 Å². The Morgan fingerprint density at radius 1 is 1.44 bits per heavy atom. The van der Waals surface area contributed by atoms with E-state index in [0.717, 1.165) is 0 Å². The maximum absolute atomic E-state index is 11.4. The molecule has 8 heteroatoms. The van der Waals surface area contributed by atoms with Crippen molar-refractivity contribution in [3.63, 3.8) is 0 Å². The average molecular weight is 359 g/mol. The Balaban J connectivity index is 2.53. The molecule has 0 unspecified atom stereocenters. The van der Waals surface area contributed by atoms with Crippen molar-refractivity contribution < 1.29 is 17.8 Å². The number of pyridine rings is 1. The van der Waals surface area contributed by atoms with Gasteiger partial charge >= 0.3 is 11.9 Å². The molecule has 2 heterocycles. The second-order valence-corrected chi connectivity index (χ2v) is 3.66. The van der Waals surface area contributed by atoms with Crippen LogP contribution in [0.25, 0.3) is 11.4 Å². The van der Waals surface area contributed by atoms with E-state index in [-0.39, 0.29) is 17.2 Å². The van der Waals surface area contributed by atoms with E-state index < -0.39 is 11.9 Å². The van der Waals surface area contributed by atoms with Crippen LogP contribution in [0, 0.1) is 0 Å². The molecule has 18 heavy (non-hydrogen) atoms. The van der Waals surface area contributed by atoms with Crippen LogP contribution < -0.4 is 0 Å². The van der Waals surface area contributed by atoms with E-state index in [1.54, 1.807) is 18.3 Å². The molecule has 0 aromatic carbocycles. The van der Waals surface area contributed by atoms with Crippen LogP contribution in [0.2, 0.25) is 0 Å². The van der Waals surface area contributed by atoms with Crippen molar-refractivity contribution in [3.8, 4) is 11.4 Å². The molecule has 0 atom stereocenters. The summed E-state index contributed by atoms with van der Waals surface area (Å²) in [6, 6.07) is 3.37. The number of imidazole rings is 1. The van der Waals surface area contributed by atoms with Crippen molar-refractivity contribution in [1.29, 1.82) is 0 Å². The van der Waals surface area contributed by atoms with Gasteiger partial charge in [-0.2, -0.15) is 0 Å². The van der Waals surface area contributed by atoms with Gasteiger partial charge in [0.1, 0.15) is 5.82 Å². The second kappa shape index (κ2) is 5.12. The maximum atomic E-state index is 11.4. The summed E-state index contributed by atoms with van der Waals surface area (Å²) in [5, 5.41) is 8.96. The van der Waals surface area contributed by atoms with Gasteiger partial charge in [-0.3, -0.25) is 4.98 Å². The number of halogens is 1. The third-order valence-corrected chi connectivity index (χ3v) is 2.52. The summed E-state index contributed by atoms with van der Waals surface area (Å²) in [6.45, 7) is 0. The number of nitrogens with zero attached hydrogens (tertiary/aromatic N) is 2. The third-order valence-electron chi connectivity index (χ3n) is 2.12. The van der Waals surface area contributed by atoms with Crippen molar-refractivity contribution in [2.45, 2.75) is 0 Å². The fraction of sp³-hybridized carbons (Fsp3) is 0. The molecule has 7 nitrogen and oxygen atoms in total. The lowest BCUT2D eigenvalue weighted by Crippen LogP contribution is -2.07. The molecule has 0 aliphatic rings. The van der Waals surface area contributed by atoms with Crippen LogP contribution in [0.1, 0.15) is 21.0 Å². The van der Waals surface area contributed by atoms with Gasteiger partial charge < -0.3 is 13.2 Å². The normalized spacial score (nSPS) is 10.1. The average Bonchev–Trinajstić information content (AvgIpc) is 2.84. The number of carboxylic acid groups (broad SMARTS) is 1. The number of hydrogen-bond acceptors (Lipinski definition) is 5. The van der Waals surface area contributed by atoms with Crippen molar-refractivity contribution in [2.75, 3.05) is 0 Å². The Kier molecular flexibility index (Phi) is 3.55. The van der Waals surface area contributed by atoms with Crippen LogP contribution in [-0.2, 0) is 3.07 Å². The first-order chi connectivity index (χ1) is 8.63. The summed E-state index contributed by atoms with van der Waals surface area (Å²) in [6.07, 6.45) is 3.08. The Bertz CT molecular complexity index is 596. The Morgan fingerprint density at radius 2 is 2.22 bits per heavy atom. The van der Waals surface area contributed by atoms with E-state index in [1.165, 1.54) is 29.2 Å². The monoisotopic (exact) mass is 359 g/mol. The smallest absolute Gasteiger partial charge is 0.366 e. The Labute approximate surface area is 115 Å². The molecule has 0 aliphatic heterocycles. The van der Waals surface area contributed by atoms with E-state index >= 15 is 0 Å². The lowest BCUT2D eigenvalue weighted by Gasteiger charge is -1.94. The van der Waals surface area contributed by atoms with Gasteiger partial charge in [-0.25, -0.2) is 14.6 Å². The molecule has 0 spiro atoms. The number of aromatic amines is 1. The summed E-state index contributed by atoms with van der Waals surface area (Å²) in [5.74, 6) is -1.86. The fourth-order valence-electron chi connectivity index (χ4n) is 1.35. The minimum absolute atomic E-state index is 0.198. The highest BCUT2D eigenvalue weighted by molar-refractivity contribution is 14.1. The minimum atomic E-state index is -1.31. The topological polar surface area (TPSA) is 105 Å². The number of aromatic nitrogens is 3. The van der Waals surface area contributed by atoms with Gasteiger partial charge in [0.2, 0.25) is 0 Å². The molecule has 2 N–H and O–H groups in total. The van der Waals surface area contributed by atoms with Crippen LogP contribution in [0.4, 0.5) is 0 Å². The summed E-state index contributed by atoms with van der Waals surface area (Å²) < 4.78 is 4.46. The van der Waals surface area contributed by atoms with Crippen molar-refractivity contribution in [1.82, 2.24) is 15.0 Å². The molecule has 2 aromatic heterocycles. The molecule has 0 aliphatic carbocycles. The predicted molar refractivity (Wildman–Crippen MR) is 68.2 cm³/mol. The lowest BCUT2D eigenvalue weighted by molar-refractivity contribution is 0.0675. The number of carbonyl (C=O) groups is 2. The highest BCUT2D eigenvalue weighted by Crippen LogP contribution is 2.18.